The van der Waals surface area contributed by atoms with E-state index in [1.807, 2.05) is 49.1 Å². The Balaban J connectivity index is 2.64. The first-order valence-electron chi connectivity index (χ1n) is 6.66. The van der Waals surface area contributed by atoms with E-state index in [4.69, 9.17) is 11.1 Å². The highest BCUT2D eigenvalue weighted by atomic mass is 16.3. The minimum atomic E-state index is -0.0122. The SMILES string of the molecule is CC(C)N(CCO)c1nc2ccccc2cc1C(=N)N. The lowest BCUT2D eigenvalue weighted by atomic mass is 10.1. The molecule has 0 saturated carbocycles. The van der Waals surface area contributed by atoms with E-state index in [9.17, 15) is 5.11 Å². The minimum Gasteiger partial charge on any atom is -0.395 e. The van der Waals surface area contributed by atoms with Crippen molar-refractivity contribution in [2.24, 2.45) is 5.73 Å². The fraction of sp³-hybridized carbons (Fsp3) is 0.333. The van der Waals surface area contributed by atoms with Crippen molar-refractivity contribution in [1.82, 2.24) is 4.98 Å². The van der Waals surface area contributed by atoms with Crippen molar-refractivity contribution in [2.75, 3.05) is 18.1 Å². The molecule has 0 bridgehead atoms. The van der Waals surface area contributed by atoms with Crippen LogP contribution in [-0.4, -0.2) is 35.1 Å². The Morgan fingerprint density at radius 2 is 2.10 bits per heavy atom. The Morgan fingerprint density at radius 1 is 1.40 bits per heavy atom. The van der Waals surface area contributed by atoms with Crippen LogP contribution in [0, 0.1) is 5.41 Å². The van der Waals surface area contributed by atoms with Crippen LogP contribution in [0.1, 0.15) is 19.4 Å². The van der Waals surface area contributed by atoms with Gasteiger partial charge in [0, 0.05) is 18.0 Å². The molecular weight excluding hydrogens is 252 g/mol. The first kappa shape index (κ1) is 14.3. The van der Waals surface area contributed by atoms with Gasteiger partial charge in [-0.1, -0.05) is 18.2 Å². The zero-order valence-electron chi connectivity index (χ0n) is 11.8. The molecule has 0 unspecified atom stereocenters. The predicted molar refractivity (Wildman–Crippen MR) is 82.3 cm³/mol. The van der Waals surface area contributed by atoms with E-state index in [0.29, 0.717) is 17.9 Å². The van der Waals surface area contributed by atoms with E-state index in [1.165, 1.54) is 0 Å². The van der Waals surface area contributed by atoms with Crippen LogP contribution in [0.2, 0.25) is 0 Å². The third-order valence-electron chi connectivity index (χ3n) is 3.23. The summed E-state index contributed by atoms with van der Waals surface area (Å²) in [5, 5.41) is 18.0. The predicted octanol–water partition coefficient (Wildman–Crippen LogP) is 1.73. The summed E-state index contributed by atoms with van der Waals surface area (Å²) in [4.78, 5) is 6.59. The maximum atomic E-state index is 9.24. The zero-order valence-corrected chi connectivity index (χ0v) is 11.8. The molecule has 0 spiro atoms. The van der Waals surface area contributed by atoms with Crippen molar-refractivity contribution >= 4 is 22.6 Å². The Labute approximate surface area is 118 Å². The van der Waals surface area contributed by atoms with Crippen LogP contribution in [0.15, 0.2) is 30.3 Å². The number of anilines is 1. The van der Waals surface area contributed by atoms with Gasteiger partial charge >= 0.3 is 0 Å². The van der Waals surface area contributed by atoms with E-state index in [1.54, 1.807) is 0 Å². The molecule has 20 heavy (non-hydrogen) atoms. The molecule has 1 aromatic carbocycles. The van der Waals surface area contributed by atoms with Crippen molar-refractivity contribution < 1.29 is 5.11 Å². The number of aliphatic hydroxyl groups is 1. The molecule has 1 heterocycles. The highest BCUT2D eigenvalue weighted by Gasteiger charge is 2.18. The molecule has 5 nitrogen and oxygen atoms in total. The monoisotopic (exact) mass is 272 g/mol. The van der Waals surface area contributed by atoms with Crippen LogP contribution in [0.25, 0.3) is 10.9 Å². The van der Waals surface area contributed by atoms with E-state index >= 15 is 0 Å². The molecule has 106 valence electrons. The zero-order chi connectivity index (χ0) is 14.7. The number of para-hydroxylation sites is 1. The van der Waals surface area contributed by atoms with E-state index in [-0.39, 0.29) is 18.5 Å². The number of aromatic nitrogens is 1. The number of hydrogen-bond acceptors (Lipinski definition) is 4. The summed E-state index contributed by atoms with van der Waals surface area (Å²) in [6.07, 6.45) is 0. The minimum absolute atomic E-state index is 0.0122. The summed E-state index contributed by atoms with van der Waals surface area (Å²) in [5.41, 5.74) is 7.15. The maximum absolute atomic E-state index is 9.24. The van der Waals surface area contributed by atoms with Crippen molar-refractivity contribution in [3.05, 3.63) is 35.9 Å². The van der Waals surface area contributed by atoms with Crippen LogP contribution in [-0.2, 0) is 0 Å². The number of nitrogens with zero attached hydrogens (tertiary/aromatic N) is 2. The molecule has 4 N–H and O–H groups in total. The number of amidine groups is 1. The number of hydrogen-bond donors (Lipinski definition) is 3. The Kier molecular flexibility index (Phi) is 4.20. The summed E-state index contributed by atoms with van der Waals surface area (Å²) in [6.45, 7) is 4.54. The molecule has 1 aromatic heterocycles. The van der Waals surface area contributed by atoms with E-state index in [0.717, 1.165) is 10.9 Å². The average Bonchev–Trinajstić information content (AvgIpc) is 2.43. The third-order valence-corrected chi connectivity index (χ3v) is 3.23. The van der Waals surface area contributed by atoms with Crippen molar-refractivity contribution in [1.29, 1.82) is 5.41 Å². The topological polar surface area (TPSA) is 86.2 Å². The molecule has 0 amide bonds. The number of nitrogen functional groups attached to an aromatic ring is 1. The highest BCUT2D eigenvalue weighted by molar-refractivity contribution is 6.03. The number of benzene rings is 1. The number of aliphatic hydroxyl groups excluding tert-OH is 1. The number of nitrogens with two attached hydrogens (primary N) is 1. The number of rotatable bonds is 5. The van der Waals surface area contributed by atoms with E-state index < -0.39 is 0 Å². The molecule has 0 aliphatic rings. The van der Waals surface area contributed by atoms with Crippen LogP contribution in [0.5, 0.6) is 0 Å². The second kappa shape index (κ2) is 5.88. The molecule has 0 saturated heterocycles. The van der Waals surface area contributed by atoms with Gasteiger partial charge in [-0.05, 0) is 26.0 Å². The third kappa shape index (κ3) is 2.72. The normalized spacial score (nSPS) is 11.0. The first-order chi connectivity index (χ1) is 9.54. The second-order valence-corrected chi connectivity index (χ2v) is 4.98. The molecule has 0 radical (unpaired) electrons. The number of nitrogens with one attached hydrogen (secondary N) is 1. The molecule has 0 atom stereocenters. The van der Waals surface area contributed by atoms with Crippen molar-refractivity contribution in [3.8, 4) is 0 Å². The molecule has 2 aromatic rings. The second-order valence-electron chi connectivity index (χ2n) is 4.98. The Morgan fingerprint density at radius 3 is 2.70 bits per heavy atom. The molecule has 5 heteroatoms. The largest absolute Gasteiger partial charge is 0.395 e. The van der Waals surface area contributed by atoms with Crippen LogP contribution in [0.3, 0.4) is 0 Å². The van der Waals surface area contributed by atoms with E-state index in [2.05, 4.69) is 4.98 Å². The van der Waals surface area contributed by atoms with Gasteiger partial charge in [0.05, 0.1) is 17.7 Å². The van der Waals surface area contributed by atoms with Crippen molar-refractivity contribution in [2.45, 2.75) is 19.9 Å². The fourth-order valence-corrected chi connectivity index (χ4v) is 2.24. The number of fused-ring (bicyclic) bond motifs is 1. The quantitative estimate of drug-likeness (QED) is 0.571. The van der Waals surface area contributed by atoms with Crippen LogP contribution < -0.4 is 10.6 Å². The van der Waals surface area contributed by atoms with Crippen LogP contribution >= 0.6 is 0 Å². The lowest BCUT2D eigenvalue weighted by Crippen LogP contribution is -2.36. The molecule has 2 rings (SSSR count). The average molecular weight is 272 g/mol. The van der Waals surface area contributed by atoms with Crippen molar-refractivity contribution in [3.63, 3.8) is 0 Å². The number of pyridine rings is 1. The molecule has 0 fully saturated rings. The summed E-state index contributed by atoms with van der Waals surface area (Å²) in [5.74, 6) is 0.641. The Bertz CT molecular complexity index is 624. The lowest BCUT2D eigenvalue weighted by molar-refractivity contribution is 0.298. The van der Waals surface area contributed by atoms with Gasteiger partial charge in [0.15, 0.2) is 0 Å². The van der Waals surface area contributed by atoms with Gasteiger partial charge in [0.1, 0.15) is 11.7 Å². The highest BCUT2D eigenvalue weighted by Crippen LogP contribution is 2.24. The van der Waals surface area contributed by atoms with Gasteiger partial charge in [0.2, 0.25) is 0 Å². The first-order valence-corrected chi connectivity index (χ1v) is 6.66. The summed E-state index contributed by atoms with van der Waals surface area (Å²) in [7, 11) is 0. The smallest absolute Gasteiger partial charge is 0.140 e. The molecule has 0 aliphatic carbocycles. The molecule has 0 aliphatic heterocycles. The van der Waals surface area contributed by atoms with Gasteiger partial charge < -0.3 is 15.7 Å². The lowest BCUT2D eigenvalue weighted by Gasteiger charge is -2.29. The summed E-state index contributed by atoms with van der Waals surface area (Å²) >= 11 is 0. The summed E-state index contributed by atoms with van der Waals surface area (Å²) in [6, 6.07) is 9.78. The van der Waals surface area contributed by atoms with Gasteiger partial charge in [-0.3, -0.25) is 5.41 Å². The van der Waals surface area contributed by atoms with Crippen LogP contribution in [0.4, 0.5) is 5.82 Å². The molecular formula is C15H20N4O. The van der Waals surface area contributed by atoms with Gasteiger partial charge in [-0.25, -0.2) is 4.98 Å². The Hall–Kier alpha value is -2.14. The standard InChI is InChI=1S/C15H20N4O/c1-10(2)19(7-8-20)15-12(14(16)17)9-11-5-3-4-6-13(11)18-15/h3-6,9-10,20H,7-8H2,1-2H3,(H3,16,17). The summed E-state index contributed by atoms with van der Waals surface area (Å²) < 4.78 is 0. The van der Waals surface area contributed by atoms with Gasteiger partial charge in [-0.15, -0.1) is 0 Å². The maximum Gasteiger partial charge on any atom is 0.140 e. The van der Waals surface area contributed by atoms with Gasteiger partial charge in [0.25, 0.3) is 0 Å². The van der Waals surface area contributed by atoms with Gasteiger partial charge in [-0.2, -0.15) is 0 Å². The fourth-order valence-electron chi connectivity index (χ4n) is 2.24.